The lowest BCUT2D eigenvalue weighted by atomic mass is 9.98. The summed E-state index contributed by atoms with van der Waals surface area (Å²) in [5.41, 5.74) is 0.534. The van der Waals surface area contributed by atoms with Gasteiger partial charge in [0, 0.05) is 18.7 Å². The van der Waals surface area contributed by atoms with E-state index in [9.17, 15) is 18.3 Å². The zero-order chi connectivity index (χ0) is 19.3. The molecule has 0 spiro atoms. The molecule has 0 radical (unpaired) electrons. The summed E-state index contributed by atoms with van der Waals surface area (Å²) in [4.78, 5) is 11.9. The van der Waals surface area contributed by atoms with Crippen molar-refractivity contribution < 1.29 is 18.3 Å². The van der Waals surface area contributed by atoms with E-state index in [2.05, 4.69) is 10.0 Å². The van der Waals surface area contributed by atoms with E-state index < -0.39 is 20.4 Å². The SMILES string of the molecule is CC(C)(O)c1ccc(NC(=O)CCCCNS(=O)(=O)C(C)(C)C)cc1. The van der Waals surface area contributed by atoms with Crippen LogP contribution in [0.2, 0.25) is 0 Å². The van der Waals surface area contributed by atoms with Crippen LogP contribution in [0.15, 0.2) is 24.3 Å². The van der Waals surface area contributed by atoms with Crippen molar-refractivity contribution >= 4 is 21.6 Å². The normalized spacial score (nSPS) is 12.9. The van der Waals surface area contributed by atoms with E-state index in [1.165, 1.54) is 0 Å². The molecule has 0 aliphatic carbocycles. The number of hydrogen-bond donors (Lipinski definition) is 3. The molecule has 1 aromatic carbocycles. The minimum atomic E-state index is -3.33. The Hall–Kier alpha value is -1.44. The predicted octanol–water partition coefficient (Wildman–Crippen LogP) is 2.74. The summed E-state index contributed by atoms with van der Waals surface area (Å²) >= 11 is 0. The van der Waals surface area contributed by atoms with Crippen molar-refractivity contribution in [3.05, 3.63) is 29.8 Å². The quantitative estimate of drug-likeness (QED) is 0.613. The highest BCUT2D eigenvalue weighted by atomic mass is 32.2. The van der Waals surface area contributed by atoms with E-state index in [1.807, 2.05) is 0 Å². The molecular formula is C18H30N2O4S. The van der Waals surface area contributed by atoms with Crippen LogP contribution in [0.25, 0.3) is 0 Å². The van der Waals surface area contributed by atoms with Crippen LogP contribution >= 0.6 is 0 Å². The molecular weight excluding hydrogens is 340 g/mol. The van der Waals surface area contributed by atoms with Crippen LogP contribution in [0.4, 0.5) is 5.69 Å². The van der Waals surface area contributed by atoms with Gasteiger partial charge in [0.2, 0.25) is 15.9 Å². The van der Waals surface area contributed by atoms with E-state index in [4.69, 9.17) is 0 Å². The second-order valence-electron chi connectivity index (χ2n) is 7.65. The monoisotopic (exact) mass is 370 g/mol. The lowest BCUT2D eigenvalue weighted by Crippen LogP contribution is -2.39. The van der Waals surface area contributed by atoms with Crippen molar-refractivity contribution in [2.75, 3.05) is 11.9 Å². The van der Waals surface area contributed by atoms with Gasteiger partial charge in [0.1, 0.15) is 0 Å². The number of aliphatic hydroxyl groups is 1. The van der Waals surface area contributed by atoms with E-state index in [0.29, 0.717) is 31.5 Å². The Morgan fingerprint density at radius 2 is 1.60 bits per heavy atom. The van der Waals surface area contributed by atoms with Crippen LogP contribution in [-0.2, 0) is 20.4 Å². The molecule has 3 N–H and O–H groups in total. The molecule has 25 heavy (non-hydrogen) atoms. The van der Waals surface area contributed by atoms with Gasteiger partial charge in [-0.05, 0) is 65.2 Å². The highest BCUT2D eigenvalue weighted by molar-refractivity contribution is 7.90. The van der Waals surface area contributed by atoms with E-state index in [-0.39, 0.29) is 5.91 Å². The standard InChI is InChI=1S/C18H30N2O4S/c1-17(2,3)25(23,24)19-13-7-6-8-16(21)20-15-11-9-14(10-12-15)18(4,5)22/h9-12,19,22H,6-8,13H2,1-5H3,(H,20,21). The lowest BCUT2D eigenvalue weighted by molar-refractivity contribution is -0.116. The van der Waals surface area contributed by atoms with Crippen LogP contribution in [-0.4, -0.2) is 30.7 Å². The number of unbranched alkanes of at least 4 members (excludes halogenated alkanes) is 1. The molecule has 0 atom stereocenters. The van der Waals surface area contributed by atoms with Crippen molar-refractivity contribution in [3.63, 3.8) is 0 Å². The molecule has 0 saturated heterocycles. The molecule has 6 nitrogen and oxygen atoms in total. The van der Waals surface area contributed by atoms with Gasteiger partial charge < -0.3 is 10.4 Å². The molecule has 1 rings (SSSR count). The third-order valence-corrected chi connectivity index (χ3v) is 6.00. The minimum absolute atomic E-state index is 0.116. The molecule has 1 amide bonds. The number of rotatable bonds is 8. The Bertz CT molecular complexity index is 669. The number of hydrogen-bond acceptors (Lipinski definition) is 4. The summed E-state index contributed by atoms with van der Waals surface area (Å²) in [7, 11) is -3.33. The zero-order valence-corrected chi connectivity index (χ0v) is 16.5. The molecule has 0 fully saturated rings. The largest absolute Gasteiger partial charge is 0.386 e. The molecule has 142 valence electrons. The van der Waals surface area contributed by atoms with Gasteiger partial charge >= 0.3 is 0 Å². The van der Waals surface area contributed by atoms with Crippen molar-refractivity contribution in [2.24, 2.45) is 0 Å². The van der Waals surface area contributed by atoms with Crippen molar-refractivity contribution in [2.45, 2.75) is 64.2 Å². The molecule has 0 aromatic heterocycles. The topological polar surface area (TPSA) is 95.5 Å². The Morgan fingerprint density at radius 1 is 1.04 bits per heavy atom. The Balaban J connectivity index is 2.34. The number of anilines is 1. The zero-order valence-electron chi connectivity index (χ0n) is 15.7. The minimum Gasteiger partial charge on any atom is -0.386 e. The third-order valence-electron chi connectivity index (χ3n) is 3.80. The predicted molar refractivity (Wildman–Crippen MR) is 101 cm³/mol. The Kier molecular flexibility index (Phi) is 7.17. The van der Waals surface area contributed by atoms with Gasteiger partial charge in [-0.1, -0.05) is 12.1 Å². The van der Waals surface area contributed by atoms with Crippen molar-refractivity contribution in [1.29, 1.82) is 0 Å². The smallest absolute Gasteiger partial charge is 0.224 e. The highest BCUT2D eigenvalue weighted by Gasteiger charge is 2.27. The van der Waals surface area contributed by atoms with Crippen molar-refractivity contribution in [3.8, 4) is 0 Å². The molecule has 0 unspecified atom stereocenters. The molecule has 0 saturated carbocycles. The highest BCUT2D eigenvalue weighted by Crippen LogP contribution is 2.21. The van der Waals surface area contributed by atoms with Gasteiger partial charge in [0.05, 0.1) is 10.3 Å². The second kappa shape index (κ2) is 8.29. The van der Waals surface area contributed by atoms with Gasteiger partial charge in [-0.15, -0.1) is 0 Å². The first-order valence-corrected chi connectivity index (χ1v) is 9.93. The molecule has 0 aliphatic rings. The third kappa shape index (κ3) is 7.13. The number of nitrogens with one attached hydrogen (secondary N) is 2. The lowest BCUT2D eigenvalue weighted by Gasteiger charge is -2.19. The molecule has 0 heterocycles. The number of benzene rings is 1. The number of sulfonamides is 1. The first kappa shape index (κ1) is 21.6. The molecule has 1 aromatic rings. The van der Waals surface area contributed by atoms with E-state index >= 15 is 0 Å². The Morgan fingerprint density at radius 3 is 2.08 bits per heavy atom. The fourth-order valence-corrected chi connectivity index (χ4v) is 2.86. The van der Waals surface area contributed by atoms with Crippen molar-refractivity contribution in [1.82, 2.24) is 4.72 Å². The summed E-state index contributed by atoms with van der Waals surface area (Å²) < 4.78 is 25.5. The fourth-order valence-electron chi connectivity index (χ4n) is 2.02. The first-order valence-electron chi connectivity index (χ1n) is 8.45. The second-order valence-corrected chi connectivity index (χ2v) is 10.2. The van der Waals surface area contributed by atoms with Crippen LogP contribution in [0.5, 0.6) is 0 Å². The van der Waals surface area contributed by atoms with E-state index in [1.54, 1.807) is 58.9 Å². The average molecular weight is 371 g/mol. The molecule has 0 aliphatic heterocycles. The Labute approximate surface area is 151 Å². The van der Waals surface area contributed by atoms with Crippen LogP contribution in [0.1, 0.15) is 59.4 Å². The van der Waals surface area contributed by atoms with E-state index in [0.717, 1.165) is 5.56 Å². The average Bonchev–Trinajstić information content (AvgIpc) is 2.45. The first-order chi connectivity index (χ1) is 11.3. The maximum absolute atomic E-state index is 11.9. The summed E-state index contributed by atoms with van der Waals surface area (Å²) in [5, 5.41) is 12.7. The van der Waals surface area contributed by atoms with Crippen LogP contribution < -0.4 is 10.0 Å². The summed E-state index contributed by atoms with van der Waals surface area (Å²) in [6.07, 6.45) is 1.52. The number of amides is 1. The molecule has 0 bridgehead atoms. The van der Waals surface area contributed by atoms with Gasteiger partial charge in [0.15, 0.2) is 0 Å². The summed E-state index contributed by atoms with van der Waals surface area (Å²) in [6.45, 7) is 8.67. The maximum Gasteiger partial charge on any atom is 0.224 e. The number of carbonyl (C=O) groups excluding carboxylic acids is 1. The number of carbonyl (C=O) groups is 1. The van der Waals surface area contributed by atoms with Gasteiger partial charge in [0.25, 0.3) is 0 Å². The summed E-state index contributed by atoms with van der Waals surface area (Å²) in [5.74, 6) is -0.116. The molecule has 7 heteroatoms. The summed E-state index contributed by atoms with van der Waals surface area (Å²) in [6, 6.07) is 7.05. The van der Waals surface area contributed by atoms with Gasteiger partial charge in [-0.25, -0.2) is 13.1 Å². The fraction of sp³-hybridized carbons (Fsp3) is 0.611. The van der Waals surface area contributed by atoms with Gasteiger partial charge in [-0.2, -0.15) is 0 Å². The van der Waals surface area contributed by atoms with Crippen LogP contribution in [0.3, 0.4) is 0 Å². The van der Waals surface area contributed by atoms with Gasteiger partial charge in [-0.3, -0.25) is 4.79 Å². The maximum atomic E-state index is 11.9. The van der Waals surface area contributed by atoms with Crippen LogP contribution in [0, 0.1) is 0 Å².